The monoisotopic (exact) mass is 228 g/mol. The fourth-order valence-electron chi connectivity index (χ4n) is 1.21. The van der Waals surface area contributed by atoms with E-state index in [0.717, 1.165) is 12.2 Å². The van der Waals surface area contributed by atoms with E-state index in [9.17, 15) is 4.79 Å². The van der Waals surface area contributed by atoms with Crippen molar-refractivity contribution in [1.82, 2.24) is 0 Å². The molecule has 0 radical (unpaired) electrons. The summed E-state index contributed by atoms with van der Waals surface area (Å²) in [5.41, 5.74) is 0.228. The zero-order valence-electron chi connectivity index (χ0n) is 8.86. The van der Waals surface area contributed by atoms with Gasteiger partial charge in [-0.05, 0) is 6.42 Å². The second kappa shape index (κ2) is 6.56. The largest absolute Gasteiger partial charge is 0.478 e. The molecule has 1 N–H and O–H groups in total. The molecule has 4 heteroatoms. The highest BCUT2D eigenvalue weighted by atomic mass is 32.2. The lowest BCUT2D eigenvalue weighted by atomic mass is 10.2. The molecule has 1 aromatic rings. The quantitative estimate of drug-likeness (QED) is 0.571. The van der Waals surface area contributed by atoms with E-state index in [4.69, 9.17) is 9.52 Å². The first-order chi connectivity index (χ1) is 7.24. The molecule has 1 rings (SSSR count). The zero-order chi connectivity index (χ0) is 11.1. The number of carboxylic acid groups (broad SMARTS) is 1. The Morgan fingerprint density at radius 3 is 2.87 bits per heavy atom. The van der Waals surface area contributed by atoms with Gasteiger partial charge >= 0.3 is 5.97 Å². The number of unbranched alkanes of at least 4 members (excludes halogenated alkanes) is 3. The molecule has 0 saturated heterocycles. The minimum absolute atomic E-state index is 0.228. The van der Waals surface area contributed by atoms with Gasteiger partial charge in [0.1, 0.15) is 6.26 Å². The van der Waals surface area contributed by atoms with Crippen molar-refractivity contribution >= 4 is 17.7 Å². The Morgan fingerprint density at radius 2 is 2.27 bits per heavy atom. The number of hydrogen-bond donors (Lipinski definition) is 1. The maximum atomic E-state index is 10.6. The Labute approximate surface area is 93.9 Å². The third-order valence-corrected chi connectivity index (χ3v) is 3.06. The summed E-state index contributed by atoms with van der Waals surface area (Å²) in [6.45, 7) is 2.18. The maximum Gasteiger partial charge on any atom is 0.339 e. The Balaban J connectivity index is 2.23. The van der Waals surface area contributed by atoms with Crippen LogP contribution in [0.15, 0.2) is 21.8 Å². The van der Waals surface area contributed by atoms with Gasteiger partial charge in [0.15, 0.2) is 5.09 Å². The smallest absolute Gasteiger partial charge is 0.339 e. The molecule has 0 aliphatic rings. The molecule has 0 aromatic carbocycles. The van der Waals surface area contributed by atoms with Crippen molar-refractivity contribution in [2.24, 2.45) is 0 Å². The third kappa shape index (κ3) is 4.42. The molecule has 84 valence electrons. The summed E-state index contributed by atoms with van der Waals surface area (Å²) in [5, 5.41) is 9.37. The molecule has 15 heavy (non-hydrogen) atoms. The van der Waals surface area contributed by atoms with Crippen molar-refractivity contribution in [1.29, 1.82) is 0 Å². The Morgan fingerprint density at radius 1 is 1.47 bits per heavy atom. The first kappa shape index (κ1) is 12.2. The molecular formula is C11H16O3S. The minimum Gasteiger partial charge on any atom is -0.478 e. The maximum absolute atomic E-state index is 10.6. The SMILES string of the molecule is CCCCCCSc1cc(C(=O)O)co1. The van der Waals surface area contributed by atoms with Crippen LogP contribution in [0.4, 0.5) is 0 Å². The molecule has 0 spiro atoms. The lowest BCUT2D eigenvalue weighted by Crippen LogP contribution is -1.91. The third-order valence-electron chi connectivity index (χ3n) is 2.06. The number of rotatable bonds is 7. The molecular weight excluding hydrogens is 212 g/mol. The van der Waals surface area contributed by atoms with Crippen LogP contribution in [0, 0.1) is 0 Å². The van der Waals surface area contributed by atoms with Gasteiger partial charge in [-0.2, -0.15) is 0 Å². The van der Waals surface area contributed by atoms with Crippen LogP contribution >= 0.6 is 11.8 Å². The van der Waals surface area contributed by atoms with Gasteiger partial charge < -0.3 is 9.52 Å². The molecule has 0 unspecified atom stereocenters. The molecule has 0 saturated carbocycles. The summed E-state index contributed by atoms with van der Waals surface area (Å²) in [7, 11) is 0. The van der Waals surface area contributed by atoms with Gasteiger partial charge in [0, 0.05) is 11.8 Å². The molecule has 3 nitrogen and oxygen atoms in total. The highest BCUT2D eigenvalue weighted by Gasteiger charge is 2.07. The van der Waals surface area contributed by atoms with E-state index in [1.54, 1.807) is 17.8 Å². The topological polar surface area (TPSA) is 50.4 Å². The first-order valence-electron chi connectivity index (χ1n) is 5.18. The highest BCUT2D eigenvalue weighted by Crippen LogP contribution is 2.22. The van der Waals surface area contributed by atoms with E-state index in [1.165, 1.54) is 25.5 Å². The van der Waals surface area contributed by atoms with Crippen LogP contribution in [-0.2, 0) is 0 Å². The number of hydrogen-bond acceptors (Lipinski definition) is 3. The molecule has 0 aliphatic carbocycles. The summed E-state index contributed by atoms with van der Waals surface area (Å²) >= 11 is 1.58. The Hall–Kier alpha value is -0.900. The van der Waals surface area contributed by atoms with Crippen LogP contribution in [0.2, 0.25) is 0 Å². The van der Waals surface area contributed by atoms with Crippen LogP contribution in [-0.4, -0.2) is 16.8 Å². The summed E-state index contributed by atoms with van der Waals surface area (Å²) in [4.78, 5) is 10.6. The molecule has 0 bridgehead atoms. The van der Waals surface area contributed by atoms with Crippen LogP contribution in [0.5, 0.6) is 0 Å². The van der Waals surface area contributed by atoms with E-state index in [1.807, 2.05) is 0 Å². The number of carboxylic acids is 1. The van der Waals surface area contributed by atoms with Crippen LogP contribution in [0.25, 0.3) is 0 Å². The van der Waals surface area contributed by atoms with E-state index in [0.29, 0.717) is 5.09 Å². The highest BCUT2D eigenvalue weighted by molar-refractivity contribution is 7.99. The number of furan rings is 1. The average Bonchev–Trinajstić information content (AvgIpc) is 2.66. The Kier molecular flexibility index (Phi) is 5.32. The molecule has 0 aliphatic heterocycles. The average molecular weight is 228 g/mol. The van der Waals surface area contributed by atoms with Crippen LogP contribution in [0.1, 0.15) is 43.0 Å². The summed E-state index contributed by atoms with van der Waals surface area (Å²) in [6.07, 6.45) is 6.17. The zero-order valence-corrected chi connectivity index (χ0v) is 9.68. The van der Waals surface area contributed by atoms with Gasteiger partial charge in [-0.3, -0.25) is 0 Å². The molecule has 1 heterocycles. The van der Waals surface area contributed by atoms with Crippen LogP contribution < -0.4 is 0 Å². The standard InChI is InChI=1S/C11H16O3S/c1-2-3-4-5-6-15-10-7-9(8-14-10)11(12)13/h7-8H,2-6H2,1H3,(H,12,13). The molecule has 1 aromatic heterocycles. The van der Waals surface area contributed by atoms with E-state index < -0.39 is 5.97 Å². The predicted octanol–water partition coefficient (Wildman–Crippen LogP) is 3.65. The van der Waals surface area contributed by atoms with Crippen molar-refractivity contribution in [3.8, 4) is 0 Å². The molecule has 0 amide bonds. The van der Waals surface area contributed by atoms with Gasteiger partial charge in [0.2, 0.25) is 0 Å². The van der Waals surface area contributed by atoms with Crippen molar-refractivity contribution in [3.63, 3.8) is 0 Å². The lowest BCUT2D eigenvalue weighted by Gasteiger charge is -1.96. The first-order valence-corrected chi connectivity index (χ1v) is 6.17. The molecule has 0 atom stereocenters. The summed E-state index contributed by atoms with van der Waals surface area (Å²) < 4.78 is 5.11. The van der Waals surface area contributed by atoms with Gasteiger partial charge in [-0.25, -0.2) is 4.79 Å². The van der Waals surface area contributed by atoms with E-state index in [2.05, 4.69) is 6.92 Å². The molecule has 0 fully saturated rings. The van der Waals surface area contributed by atoms with Gasteiger partial charge in [0.05, 0.1) is 5.56 Å². The van der Waals surface area contributed by atoms with Crippen molar-refractivity contribution in [2.45, 2.75) is 37.7 Å². The van der Waals surface area contributed by atoms with E-state index >= 15 is 0 Å². The Bertz CT molecular complexity index is 307. The summed E-state index contributed by atoms with van der Waals surface area (Å²) in [6, 6.07) is 1.58. The van der Waals surface area contributed by atoms with Crippen molar-refractivity contribution in [3.05, 3.63) is 17.9 Å². The second-order valence-electron chi connectivity index (χ2n) is 3.37. The normalized spacial score (nSPS) is 10.5. The lowest BCUT2D eigenvalue weighted by molar-refractivity contribution is 0.0696. The van der Waals surface area contributed by atoms with Crippen LogP contribution in [0.3, 0.4) is 0 Å². The minimum atomic E-state index is -0.934. The fraction of sp³-hybridized carbons (Fsp3) is 0.545. The van der Waals surface area contributed by atoms with Gasteiger partial charge in [0.25, 0.3) is 0 Å². The second-order valence-corrected chi connectivity index (χ2v) is 4.47. The van der Waals surface area contributed by atoms with Crippen molar-refractivity contribution < 1.29 is 14.3 Å². The number of carbonyl (C=O) groups is 1. The predicted molar refractivity (Wildman–Crippen MR) is 60.5 cm³/mol. The fourth-order valence-corrected chi connectivity index (χ4v) is 2.08. The van der Waals surface area contributed by atoms with Gasteiger partial charge in [-0.1, -0.05) is 37.9 Å². The van der Waals surface area contributed by atoms with E-state index in [-0.39, 0.29) is 5.56 Å². The summed E-state index contributed by atoms with van der Waals surface area (Å²) in [5.74, 6) is 0.0589. The van der Waals surface area contributed by atoms with Crippen molar-refractivity contribution in [2.75, 3.05) is 5.75 Å². The van der Waals surface area contributed by atoms with Gasteiger partial charge in [-0.15, -0.1) is 0 Å². The number of aromatic carboxylic acids is 1. The number of thioether (sulfide) groups is 1.